The maximum Gasteiger partial charge on any atom is 0.410 e. The van der Waals surface area contributed by atoms with Crippen LogP contribution >= 0.6 is 0 Å². The van der Waals surface area contributed by atoms with E-state index in [0.29, 0.717) is 0 Å². The molecule has 0 saturated carbocycles. The van der Waals surface area contributed by atoms with Crippen LogP contribution in [-0.4, -0.2) is 52.8 Å². The second kappa shape index (κ2) is 6.11. The van der Waals surface area contributed by atoms with E-state index in [4.69, 9.17) is 14.2 Å². The zero-order chi connectivity index (χ0) is 16.6. The number of carbonyl (C=O) groups excluding carboxylic acids is 1. The van der Waals surface area contributed by atoms with Gasteiger partial charge in [-0.3, -0.25) is 4.90 Å². The van der Waals surface area contributed by atoms with Crippen molar-refractivity contribution in [3.05, 3.63) is 35.9 Å². The zero-order valence-corrected chi connectivity index (χ0v) is 13.6. The van der Waals surface area contributed by atoms with Crippen molar-refractivity contribution in [3.63, 3.8) is 0 Å². The van der Waals surface area contributed by atoms with Gasteiger partial charge in [-0.1, -0.05) is 30.3 Å². The Balaban J connectivity index is 1.68. The second-order valence-corrected chi connectivity index (χ2v) is 6.50. The summed E-state index contributed by atoms with van der Waals surface area (Å²) >= 11 is 0. The Kier molecular flexibility index (Phi) is 4.31. The van der Waals surface area contributed by atoms with Gasteiger partial charge in [-0.2, -0.15) is 0 Å². The van der Waals surface area contributed by atoms with Crippen LogP contribution in [0.5, 0.6) is 0 Å². The molecule has 126 valence electrons. The minimum atomic E-state index is -0.697. The Hall–Kier alpha value is -1.63. The van der Waals surface area contributed by atoms with Gasteiger partial charge in [0.25, 0.3) is 0 Å². The summed E-state index contributed by atoms with van der Waals surface area (Å²) in [7, 11) is 0. The third-order valence-corrected chi connectivity index (χ3v) is 4.42. The Labute approximate surface area is 135 Å². The maximum absolute atomic E-state index is 12.5. The Morgan fingerprint density at radius 2 is 1.91 bits per heavy atom. The summed E-state index contributed by atoms with van der Waals surface area (Å²) < 4.78 is 17.1. The lowest BCUT2D eigenvalue weighted by molar-refractivity contribution is -0.166. The summed E-state index contributed by atoms with van der Waals surface area (Å²) in [5.41, 5.74) is 0.919. The summed E-state index contributed by atoms with van der Waals surface area (Å²) in [6.07, 6.45) is -1.06. The molecule has 2 aliphatic rings. The fraction of sp³-hybridized carbons (Fsp3) is 0.588. The van der Waals surface area contributed by atoms with Crippen LogP contribution in [-0.2, 0) is 20.8 Å². The quantitative estimate of drug-likeness (QED) is 0.921. The average molecular weight is 321 g/mol. The number of likely N-dealkylation sites (tertiary alicyclic amines) is 1. The van der Waals surface area contributed by atoms with E-state index in [1.165, 1.54) is 4.90 Å². The van der Waals surface area contributed by atoms with Gasteiger partial charge in [-0.25, -0.2) is 4.79 Å². The molecule has 0 unspecified atom stereocenters. The molecule has 0 bridgehead atoms. The number of hydrogen-bond donors (Lipinski definition) is 1. The van der Waals surface area contributed by atoms with Gasteiger partial charge in [0.1, 0.15) is 18.8 Å². The van der Waals surface area contributed by atoms with Crippen LogP contribution < -0.4 is 0 Å². The number of aliphatic hydroxyl groups is 1. The first-order valence-corrected chi connectivity index (χ1v) is 7.88. The maximum atomic E-state index is 12.5. The minimum Gasteiger partial charge on any atom is -0.445 e. The first-order valence-electron chi connectivity index (χ1n) is 7.88. The molecular formula is C17H23NO5. The third-order valence-electron chi connectivity index (χ3n) is 4.42. The molecule has 2 fully saturated rings. The molecule has 1 amide bonds. The molecule has 6 heteroatoms. The molecule has 1 aromatic carbocycles. The lowest BCUT2D eigenvalue weighted by Crippen LogP contribution is -2.47. The van der Waals surface area contributed by atoms with Gasteiger partial charge in [-0.05, 0) is 26.3 Å². The van der Waals surface area contributed by atoms with Crippen LogP contribution in [0.2, 0.25) is 0 Å². The Morgan fingerprint density at radius 1 is 1.26 bits per heavy atom. The van der Waals surface area contributed by atoms with Crippen LogP contribution in [0.4, 0.5) is 4.79 Å². The van der Waals surface area contributed by atoms with E-state index in [0.717, 1.165) is 5.56 Å². The monoisotopic (exact) mass is 321 g/mol. The number of nitrogens with zero attached hydrogens (tertiary/aromatic N) is 1. The van der Waals surface area contributed by atoms with Gasteiger partial charge < -0.3 is 19.3 Å². The first kappa shape index (κ1) is 16.2. The zero-order valence-electron chi connectivity index (χ0n) is 13.6. The van der Waals surface area contributed by atoms with Gasteiger partial charge in [0, 0.05) is 0 Å². The van der Waals surface area contributed by atoms with Crippen LogP contribution in [0, 0.1) is 0 Å². The van der Waals surface area contributed by atoms with E-state index in [2.05, 4.69) is 0 Å². The van der Waals surface area contributed by atoms with Crippen molar-refractivity contribution in [2.24, 2.45) is 0 Å². The Morgan fingerprint density at radius 3 is 2.57 bits per heavy atom. The summed E-state index contributed by atoms with van der Waals surface area (Å²) in [5, 5.41) is 9.72. The number of amides is 1. The van der Waals surface area contributed by atoms with Crippen molar-refractivity contribution in [1.82, 2.24) is 4.90 Å². The molecule has 0 radical (unpaired) electrons. The van der Waals surface area contributed by atoms with Crippen molar-refractivity contribution in [1.29, 1.82) is 0 Å². The van der Waals surface area contributed by atoms with Crippen LogP contribution in [0.25, 0.3) is 0 Å². The molecule has 4 atom stereocenters. The standard InChI is InChI=1S/C17H23NO5/c1-11-14-15(23-17(2,3)22-14)13(9-19)18(11)16(20)21-10-12-7-5-4-6-8-12/h4-8,11,13-15,19H,9-10H2,1-3H3/t11-,13-,14+,15-/m1/s1. The molecule has 6 nitrogen and oxygen atoms in total. The van der Waals surface area contributed by atoms with Crippen molar-refractivity contribution in [3.8, 4) is 0 Å². The highest BCUT2D eigenvalue weighted by atomic mass is 16.8. The molecule has 1 N–H and O–H groups in total. The molecule has 2 aliphatic heterocycles. The molecule has 23 heavy (non-hydrogen) atoms. The number of rotatable bonds is 3. The van der Waals surface area contributed by atoms with Gasteiger partial charge in [-0.15, -0.1) is 0 Å². The predicted molar refractivity (Wildman–Crippen MR) is 82.6 cm³/mol. The van der Waals surface area contributed by atoms with Gasteiger partial charge in [0.15, 0.2) is 5.79 Å². The summed E-state index contributed by atoms with van der Waals surface area (Å²) in [4.78, 5) is 14.0. The number of aliphatic hydroxyl groups excluding tert-OH is 1. The molecule has 3 rings (SSSR count). The topological polar surface area (TPSA) is 68.2 Å². The fourth-order valence-electron chi connectivity index (χ4n) is 3.39. The molecule has 0 aromatic heterocycles. The lowest BCUT2D eigenvalue weighted by atomic mass is 10.1. The second-order valence-electron chi connectivity index (χ2n) is 6.50. The van der Waals surface area contributed by atoms with E-state index in [9.17, 15) is 9.90 Å². The van der Waals surface area contributed by atoms with Gasteiger partial charge in [0.2, 0.25) is 0 Å². The normalized spacial score (nSPS) is 31.9. The highest BCUT2D eigenvalue weighted by Gasteiger charge is 2.57. The number of fused-ring (bicyclic) bond motifs is 1. The number of hydrogen-bond acceptors (Lipinski definition) is 5. The van der Waals surface area contributed by atoms with Crippen molar-refractivity contribution in [2.75, 3.05) is 6.61 Å². The Bertz CT molecular complexity index is 561. The van der Waals surface area contributed by atoms with Gasteiger partial charge in [0.05, 0.1) is 18.7 Å². The van der Waals surface area contributed by atoms with Crippen LogP contribution in [0.1, 0.15) is 26.3 Å². The highest BCUT2D eigenvalue weighted by Crippen LogP contribution is 2.40. The van der Waals surface area contributed by atoms with E-state index >= 15 is 0 Å². The first-order chi connectivity index (χ1) is 10.9. The third kappa shape index (κ3) is 3.06. The molecule has 1 aromatic rings. The molecule has 2 saturated heterocycles. The summed E-state index contributed by atoms with van der Waals surface area (Å²) in [6, 6.07) is 8.81. The molecular weight excluding hydrogens is 298 g/mol. The minimum absolute atomic E-state index is 0.189. The highest BCUT2D eigenvalue weighted by molar-refractivity contribution is 5.69. The van der Waals surface area contributed by atoms with Crippen molar-refractivity contribution < 1.29 is 24.1 Å². The molecule has 2 heterocycles. The molecule has 0 aliphatic carbocycles. The summed E-state index contributed by atoms with van der Waals surface area (Å²) in [5.74, 6) is -0.697. The fourth-order valence-corrected chi connectivity index (χ4v) is 3.39. The number of carbonyl (C=O) groups is 1. The SMILES string of the molecule is C[C@@H]1[C@@H]2OC(C)(C)O[C@@H]2[C@@H](CO)N1C(=O)OCc1ccccc1. The van der Waals surface area contributed by atoms with Crippen molar-refractivity contribution >= 4 is 6.09 Å². The van der Waals surface area contributed by atoms with Gasteiger partial charge >= 0.3 is 6.09 Å². The van der Waals surface area contributed by atoms with E-state index < -0.39 is 17.9 Å². The largest absolute Gasteiger partial charge is 0.445 e. The van der Waals surface area contributed by atoms with Crippen LogP contribution in [0.3, 0.4) is 0 Å². The van der Waals surface area contributed by atoms with E-state index in [1.54, 1.807) is 0 Å². The molecule has 0 spiro atoms. The lowest BCUT2D eigenvalue weighted by Gasteiger charge is -2.31. The van der Waals surface area contributed by atoms with E-state index in [1.807, 2.05) is 51.1 Å². The van der Waals surface area contributed by atoms with Crippen molar-refractivity contribution in [2.45, 2.75) is 57.5 Å². The smallest absolute Gasteiger partial charge is 0.410 e. The number of ether oxygens (including phenoxy) is 3. The van der Waals surface area contributed by atoms with E-state index in [-0.39, 0.29) is 31.5 Å². The summed E-state index contributed by atoms with van der Waals surface area (Å²) in [6.45, 7) is 5.58. The average Bonchev–Trinajstić information content (AvgIpc) is 2.97. The van der Waals surface area contributed by atoms with Crippen LogP contribution in [0.15, 0.2) is 30.3 Å². The number of benzene rings is 1. The predicted octanol–water partition coefficient (Wildman–Crippen LogP) is 1.91.